The predicted octanol–water partition coefficient (Wildman–Crippen LogP) is 1.71. The standard InChI is InChI=1S/C11H24O3/c1-8(12)9(7-11(5,6)13)14-10(2,3)4/h8-9,12-13H,7H2,1-6H3. The van der Waals surface area contributed by atoms with Gasteiger partial charge in [0.05, 0.1) is 23.4 Å². The van der Waals surface area contributed by atoms with Crippen molar-refractivity contribution in [3.8, 4) is 0 Å². The third-order valence-electron chi connectivity index (χ3n) is 1.74. The monoisotopic (exact) mass is 204 g/mol. The molecule has 0 aromatic heterocycles. The molecule has 0 saturated carbocycles. The molecule has 14 heavy (non-hydrogen) atoms. The zero-order valence-corrected chi connectivity index (χ0v) is 10.2. The molecule has 0 aromatic rings. The fourth-order valence-electron chi connectivity index (χ4n) is 1.26. The van der Waals surface area contributed by atoms with Crippen molar-refractivity contribution in [2.75, 3.05) is 0 Å². The lowest BCUT2D eigenvalue weighted by Gasteiger charge is -2.33. The highest BCUT2D eigenvalue weighted by Gasteiger charge is 2.28. The van der Waals surface area contributed by atoms with Gasteiger partial charge < -0.3 is 14.9 Å². The summed E-state index contributed by atoms with van der Waals surface area (Å²) in [4.78, 5) is 0. The van der Waals surface area contributed by atoms with Crippen LogP contribution in [0.15, 0.2) is 0 Å². The molecule has 0 amide bonds. The Morgan fingerprint density at radius 2 is 1.57 bits per heavy atom. The van der Waals surface area contributed by atoms with E-state index in [1.165, 1.54) is 0 Å². The molecule has 0 aliphatic carbocycles. The van der Waals surface area contributed by atoms with Crippen molar-refractivity contribution in [1.82, 2.24) is 0 Å². The van der Waals surface area contributed by atoms with Gasteiger partial charge in [-0.25, -0.2) is 0 Å². The Balaban J connectivity index is 4.32. The van der Waals surface area contributed by atoms with Crippen molar-refractivity contribution in [2.45, 2.75) is 71.4 Å². The van der Waals surface area contributed by atoms with Crippen LogP contribution in [0.4, 0.5) is 0 Å². The molecule has 0 saturated heterocycles. The number of rotatable bonds is 4. The van der Waals surface area contributed by atoms with Gasteiger partial charge in [0.15, 0.2) is 0 Å². The molecule has 3 heteroatoms. The second-order valence-corrected chi connectivity index (χ2v) is 5.53. The molecule has 3 nitrogen and oxygen atoms in total. The molecule has 0 heterocycles. The largest absolute Gasteiger partial charge is 0.391 e. The van der Waals surface area contributed by atoms with Crippen LogP contribution in [0.2, 0.25) is 0 Å². The first-order valence-electron chi connectivity index (χ1n) is 5.09. The summed E-state index contributed by atoms with van der Waals surface area (Å²) >= 11 is 0. The van der Waals surface area contributed by atoms with Crippen LogP contribution >= 0.6 is 0 Å². The van der Waals surface area contributed by atoms with E-state index in [1.54, 1.807) is 20.8 Å². The highest BCUT2D eigenvalue weighted by Crippen LogP contribution is 2.21. The van der Waals surface area contributed by atoms with Crippen molar-refractivity contribution in [2.24, 2.45) is 0 Å². The van der Waals surface area contributed by atoms with E-state index in [1.807, 2.05) is 20.8 Å². The van der Waals surface area contributed by atoms with Gasteiger partial charge in [0.1, 0.15) is 0 Å². The molecule has 0 aliphatic rings. The van der Waals surface area contributed by atoms with E-state index >= 15 is 0 Å². The highest BCUT2D eigenvalue weighted by atomic mass is 16.5. The Morgan fingerprint density at radius 3 is 1.79 bits per heavy atom. The summed E-state index contributed by atoms with van der Waals surface area (Å²) in [5.74, 6) is 0. The topological polar surface area (TPSA) is 49.7 Å². The van der Waals surface area contributed by atoms with Crippen LogP contribution in [0, 0.1) is 0 Å². The van der Waals surface area contributed by atoms with Crippen LogP contribution in [0.1, 0.15) is 48.0 Å². The molecule has 0 bridgehead atoms. The van der Waals surface area contributed by atoms with Crippen LogP contribution in [0.25, 0.3) is 0 Å². The molecule has 2 unspecified atom stereocenters. The fraction of sp³-hybridized carbons (Fsp3) is 1.00. The summed E-state index contributed by atoms with van der Waals surface area (Å²) in [6.07, 6.45) is -0.460. The first kappa shape index (κ1) is 13.9. The number of ether oxygens (including phenoxy) is 1. The third kappa shape index (κ3) is 7.30. The zero-order chi connectivity index (χ0) is 11.6. The fourth-order valence-corrected chi connectivity index (χ4v) is 1.26. The van der Waals surface area contributed by atoms with Crippen molar-refractivity contribution < 1.29 is 14.9 Å². The zero-order valence-electron chi connectivity index (χ0n) is 10.2. The summed E-state index contributed by atoms with van der Waals surface area (Å²) in [6, 6.07) is 0. The third-order valence-corrected chi connectivity index (χ3v) is 1.74. The van der Waals surface area contributed by atoms with Gasteiger partial charge >= 0.3 is 0 Å². The van der Waals surface area contributed by atoms with Gasteiger partial charge in [0.2, 0.25) is 0 Å². The van der Waals surface area contributed by atoms with Crippen LogP contribution in [0.3, 0.4) is 0 Å². The summed E-state index contributed by atoms with van der Waals surface area (Å²) < 4.78 is 5.67. The first-order valence-corrected chi connectivity index (χ1v) is 5.09. The molecular weight excluding hydrogens is 180 g/mol. The maximum atomic E-state index is 9.64. The van der Waals surface area contributed by atoms with Crippen LogP contribution in [0.5, 0.6) is 0 Å². The molecule has 0 spiro atoms. The van der Waals surface area contributed by atoms with E-state index in [0.717, 1.165) is 0 Å². The molecule has 0 aliphatic heterocycles. The van der Waals surface area contributed by atoms with Gasteiger partial charge in [-0.05, 0) is 41.5 Å². The second kappa shape index (κ2) is 4.60. The van der Waals surface area contributed by atoms with Gasteiger partial charge in [-0.2, -0.15) is 0 Å². The average molecular weight is 204 g/mol. The van der Waals surface area contributed by atoms with E-state index < -0.39 is 11.7 Å². The lowest BCUT2D eigenvalue weighted by Crippen LogP contribution is -2.39. The average Bonchev–Trinajstić information content (AvgIpc) is 1.78. The molecular formula is C11H24O3. The Labute approximate surface area is 87.1 Å². The Kier molecular flexibility index (Phi) is 4.56. The lowest BCUT2D eigenvalue weighted by molar-refractivity contribution is -0.130. The summed E-state index contributed by atoms with van der Waals surface area (Å²) in [6.45, 7) is 10.9. The minimum absolute atomic E-state index is 0.299. The van der Waals surface area contributed by atoms with Gasteiger partial charge in [-0.3, -0.25) is 0 Å². The summed E-state index contributed by atoms with van der Waals surface area (Å²) in [5.41, 5.74) is -1.11. The lowest BCUT2D eigenvalue weighted by atomic mass is 9.97. The Bertz CT molecular complexity index is 146. The number of hydrogen-bond donors (Lipinski definition) is 2. The van der Waals surface area contributed by atoms with E-state index in [-0.39, 0.29) is 11.7 Å². The van der Waals surface area contributed by atoms with Crippen LogP contribution < -0.4 is 0 Å². The van der Waals surface area contributed by atoms with E-state index in [2.05, 4.69) is 0 Å². The van der Waals surface area contributed by atoms with Crippen LogP contribution in [-0.2, 0) is 4.74 Å². The first-order chi connectivity index (χ1) is 6.01. The molecule has 0 aromatic carbocycles. The molecule has 2 atom stereocenters. The quantitative estimate of drug-likeness (QED) is 0.733. The Morgan fingerprint density at radius 1 is 1.14 bits per heavy atom. The predicted molar refractivity (Wildman–Crippen MR) is 57.2 cm³/mol. The van der Waals surface area contributed by atoms with Crippen molar-refractivity contribution in [3.05, 3.63) is 0 Å². The van der Waals surface area contributed by atoms with Gasteiger partial charge in [0, 0.05) is 6.42 Å². The van der Waals surface area contributed by atoms with E-state index in [4.69, 9.17) is 4.74 Å². The minimum Gasteiger partial charge on any atom is -0.391 e. The molecule has 86 valence electrons. The number of aliphatic hydroxyl groups is 2. The van der Waals surface area contributed by atoms with Crippen molar-refractivity contribution in [1.29, 1.82) is 0 Å². The molecule has 0 radical (unpaired) electrons. The van der Waals surface area contributed by atoms with Crippen molar-refractivity contribution in [3.63, 3.8) is 0 Å². The van der Waals surface area contributed by atoms with E-state index in [9.17, 15) is 10.2 Å². The number of aliphatic hydroxyl groups excluding tert-OH is 1. The van der Waals surface area contributed by atoms with Crippen LogP contribution in [-0.4, -0.2) is 33.6 Å². The highest BCUT2D eigenvalue weighted by molar-refractivity contribution is 4.78. The summed E-state index contributed by atoms with van der Waals surface area (Å²) in [7, 11) is 0. The van der Waals surface area contributed by atoms with Gasteiger partial charge in [-0.15, -0.1) is 0 Å². The van der Waals surface area contributed by atoms with Gasteiger partial charge in [-0.1, -0.05) is 0 Å². The molecule has 2 N–H and O–H groups in total. The second-order valence-electron chi connectivity index (χ2n) is 5.53. The number of hydrogen-bond acceptors (Lipinski definition) is 3. The van der Waals surface area contributed by atoms with Crippen molar-refractivity contribution >= 4 is 0 Å². The smallest absolute Gasteiger partial charge is 0.0865 e. The van der Waals surface area contributed by atoms with E-state index in [0.29, 0.717) is 6.42 Å². The Hall–Kier alpha value is -0.120. The minimum atomic E-state index is -0.813. The maximum absolute atomic E-state index is 9.64. The van der Waals surface area contributed by atoms with Gasteiger partial charge in [0.25, 0.3) is 0 Å². The molecule has 0 fully saturated rings. The SMILES string of the molecule is CC(O)C(CC(C)(C)O)OC(C)(C)C. The maximum Gasteiger partial charge on any atom is 0.0865 e. The summed E-state index contributed by atoms with van der Waals surface area (Å²) in [5, 5.41) is 19.1. The normalized spacial score (nSPS) is 18.0. The molecule has 0 rings (SSSR count).